The molecule has 3 fully saturated rings. The van der Waals surface area contributed by atoms with E-state index in [9.17, 15) is 4.79 Å². The number of cyclic esters (lactones) is 1. The van der Waals surface area contributed by atoms with Gasteiger partial charge in [0.1, 0.15) is 0 Å². The predicted octanol–water partition coefficient (Wildman–Crippen LogP) is 7.05. The Morgan fingerprint density at radius 1 is 1.23 bits per heavy atom. The summed E-state index contributed by atoms with van der Waals surface area (Å²) in [6, 6.07) is 0. The number of ether oxygens (including phenoxy) is 1. The van der Waals surface area contributed by atoms with Crippen molar-refractivity contribution >= 4 is 14.3 Å². The lowest BCUT2D eigenvalue weighted by Crippen LogP contribution is -2.55. The molecule has 3 nitrogen and oxygen atoms in total. The molecular formula is C26H44O3Si. The number of allylic oxidation sites excluding steroid dienone is 1. The second-order valence-corrected chi connectivity index (χ2v) is 17.2. The van der Waals surface area contributed by atoms with Gasteiger partial charge in [-0.3, -0.25) is 0 Å². The maximum Gasteiger partial charge on any atom is 0.333 e. The molecule has 3 aliphatic rings. The summed E-state index contributed by atoms with van der Waals surface area (Å²) < 4.78 is 12.2. The van der Waals surface area contributed by atoms with Crippen molar-refractivity contribution in [2.24, 2.45) is 22.7 Å². The minimum Gasteiger partial charge on any atom is -0.462 e. The van der Waals surface area contributed by atoms with Crippen LogP contribution in [0.25, 0.3) is 0 Å². The molecule has 2 saturated carbocycles. The van der Waals surface area contributed by atoms with E-state index in [4.69, 9.17) is 9.16 Å². The molecular weight excluding hydrogens is 388 g/mol. The van der Waals surface area contributed by atoms with Crippen molar-refractivity contribution in [3.63, 3.8) is 0 Å². The fourth-order valence-electron chi connectivity index (χ4n) is 6.16. The SMILES string of the molecule is C=C1[C@@H](O[Si](C)(C)C(C)(C)C)C[C@H]2C(C)(C)CCC[C@]2(C)[C@H]1C/C=C1/CCOC1=O. The van der Waals surface area contributed by atoms with E-state index in [2.05, 4.69) is 67.3 Å². The van der Waals surface area contributed by atoms with Crippen molar-refractivity contribution in [3.05, 3.63) is 23.8 Å². The lowest BCUT2D eigenvalue weighted by Gasteiger charge is -2.60. The van der Waals surface area contributed by atoms with Gasteiger partial charge in [-0.2, -0.15) is 0 Å². The Bertz CT molecular complexity index is 727. The molecule has 1 saturated heterocycles. The zero-order valence-electron chi connectivity index (χ0n) is 20.7. The molecule has 0 aromatic rings. The van der Waals surface area contributed by atoms with E-state index >= 15 is 0 Å². The van der Waals surface area contributed by atoms with Crippen molar-refractivity contribution < 1.29 is 14.0 Å². The van der Waals surface area contributed by atoms with Crippen LogP contribution < -0.4 is 0 Å². The van der Waals surface area contributed by atoms with Crippen LogP contribution in [0.2, 0.25) is 18.1 Å². The third-order valence-electron chi connectivity index (χ3n) is 9.09. The molecule has 170 valence electrons. The Morgan fingerprint density at radius 2 is 1.90 bits per heavy atom. The highest BCUT2D eigenvalue weighted by Gasteiger charge is 2.56. The maximum absolute atomic E-state index is 12.0. The van der Waals surface area contributed by atoms with Crippen molar-refractivity contribution in [1.29, 1.82) is 0 Å². The van der Waals surface area contributed by atoms with Gasteiger partial charge in [0.25, 0.3) is 0 Å². The molecule has 4 heteroatoms. The Morgan fingerprint density at radius 3 is 2.47 bits per heavy atom. The van der Waals surface area contributed by atoms with Gasteiger partial charge < -0.3 is 9.16 Å². The van der Waals surface area contributed by atoms with Crippen LogP contribution in [0.5, 0.6) is 0 Å². The van der Waals surface area contributed by atoms with Gasteiger partial charge in [0.05, 0.1) is 12.7 Å². The summed E-state index contributed by atoms with van der Waals surface area (Å²) in [6.07, 6.45) is 8.79. The van der Waals surface area contributed by atoms with Gasteiger partial charge in [-0.05, 0) is 72.1 Å². The summed E-state index contributed by atoms with van der Waals surface area (Å²) in [5.41, 5.74) is 2.64. The highest BCUT2D eigenvalue weighted by atomic mass is 28.4. The summed E-state index contributed by atoms with van der Waals surface area (Å²) in [5.74, 6) is 0.834. The third-order valence-corrected chi connectivity index (χ3v) is 13.6. The molecule has 0 aromatic heterocycles. The Kier molecular flexibility index (Phi) is 6.28. The van der Waals surface area contributed by atoms with E-state index in [1.54, 1.807) is 0 Å². The molecule has 0 unspecified atom stereocenters. The Hall–Kier alpha value is -0.873. The Balaban J connectivity index is 1.94. The van der Waals surface area contributed by atoms with Crippen molar-refractivity contribution in [3.8, 4) is 0 Å². The normalized spacial score (nSPS) is 36.0. The Labute approximate surface area is 185 Å². The van der Waals surface area contributed by atoms with E-state index in [1.807, 2.05) is 0 Å². The summed E-state index contributed by atoms with van der Waals surface area (Å²) >= 11 is 0. The molecule has 0 aromatic carbocycles. The van der Waals surface area contributed by atoms with Crippen LogP contribution in [0.1, 0.15) is 80.1 Å². The third kappa shape index (κ3) is 4.23. The molecule has 0 N–H and O–H groups in total. The van der Waals surface area contributed by atoms with Crippen LogP contribution in [-0.2, 0) is 14.0 Å². The molecule has 3 rings (SSSR count). The maximum atomic E-state index is 12.0. The van der Waals surface area contributed by atoms with Crippen molar-refractivity contribution in [2.75, 3.05) is 6.61 Å². The van der Waals surface area contributed by atoms with Crippen molar-refractivity contribution in [1.82, 2.24) is 0 Å². The number of carbonyl (C=O) groups is 1. The number of carbonyl (C=O) groups excluding carboxylic acids is 1. The van der Waals surface area contributed by atoms with Crippen molar-refractivity contribution in [2.45, 2.75) is 104 Å². The second kappa shape index (κ2) is 7.92. The average Bonchev–Trinajstić information content (AvgIpc) is 3.00. The van der Waals surface area contributed by atoms with Gasteiger partial charge in [0.15, 0.2) is 8.32 Å². The zero-order chi connectivity index (χ0) is 22.5. The molecule has 4 atom stereocenters. The first kappa shape index (κ1) is 23.8. The largest absolute Gasteiger partial charge is 0.462 e. The fraction of sp³-hybridized carbons (Fsp3) is 0.808. The quantitative estimate of drug-likeness (QED) is 0.207. The monoisotopic (exact) mass is 432 g/mol. The first-order valence-electron chi connectivity index (χ1n) is 11.9. The molecule has 0 radical (unpaired) electrons. The van der Waals surface area contributed by atoms with Crippen LogP contribution in [-0.4, -0.2) is 27.0 Å². The van der Waals surface area contributed by atoms with Crippen LogP contribution in [0.15, 0.2) is 23.8 Å². The number of hydrogen-bond donors (Lipinski definition) is 0. The van der Waals surface area contributed by atoms with Gasteiger partial charge in [-0.25, -0.2) is 4.79 Å². The summed E-state index contributed by atoms with van der Waals surface area (Å²) in [4.78, 5) is 12.0. The highest BCUT2D eigenvalue weighted by Crippen LogP contribution is 2.62. The topological polar surface area (TPSA) is 35.5 Å². The summed E-state index contributed by atoms with van der Waals surface area (Å²) in [5, 5.41) is 0.182. The smallest absolute Gasteiger partial charge is 0.333 e. The van der Waals surface area contributed by atoms with Gasteiger partial charge >= 0.3 is 5.97 Å². The number of hydrogen-bond acceptors (Lipinski definition) is 3. The van der Waals surface area contributed by atoms with E-state index in [1.165, 1.54) is 24.8 Å². The van der Waals surface area contributed by atoms with E-state index in [0.29, 0.717) is 23.9 Å². The van der Waals surface area contributed by atoms with Crippen LogP contribution >= 0.6 is 0 Å². The standard InChI is InChI=1S/C26H44O3Si/c1-18-20(12-11-19-13-16-28-23(19)27)26(7)15-10-14-25(5,6)22(26)17-21(18)29-30(8,9)24(2,3)4/h11,20-22H,1,10,12-17H2,2-9H3/b19-11-/t20-,21-,22-,26+/m0/s1. The lowest BCUT2D eigenvalue weighted by atomic mass is 9.46. The second-order valence-electron chi connectivity index (χ2n) is 12.5. The minimum atomic E-state index is -1.90. The summed E-state index contributed by atoms with van der Waals surface area (Å²) in [7, 11) is -1.90. The zero-order valence-corrected chi connectivity index (χ0v) is 21.7. The van der Waals surface area contributed by atoms with E-state index in [0.717, 1.165) is 24.8 Å². The number of esters is 1. The first-order chi connectivity index (χ1) is 13.7. The van der Waals surface area contributed by atoms with Gasteiger partial charge in [-0.1, -0.05) is 60.6 Å². The summed E-state index contributed by atoms with van der Waals surface area (Å²) in [6.45, 7) is 24.2. The molecule has 30 heavy (non-hydrogen) atoms. The van der Waals surface area contributed by atoms with Crippen LogP contribution in [0, 0.1) is 22.7 Å². The molecule has 0 bridgehead atoms. The van der Waals surface area contributed by atoms with E-state index < -0.39 is 8.32 Å². The fourth-order valence-corrected chi connectivity index (χ4v) is 7.47. The van der Waals surface area contributed by atoms with E-state index in [-0.39, 0.29) is 22.5 Å². The minimum absolute atomic E-state index is 0.125. The molecule has 1 heterocycles. The molecule has 1 aliphatic heterocycles. The van der Waals surface area contributed by atoms with Gasteiger partial charge in [-0.15, -0.1) is 0 Å². The van der Waals surface area contributed by atoms with Gasteiger partial charge in [0, 0.05) is 12.0 Å². The highest BCUT2D eigenvalue weighted by molar-refractivity contribution is 6.74. The molecule has 0 spiro atoms. The van der Waals surface area contributed by atoms with Crippen LogP contribution in [0.3, 0.4) is 0 Å². The van der Waals surface area contributed by atoms with Crippen LogP contribution in [0.4, 0.5) is 0 Å². The molecule has 0 amide bonds. The van der Waals surface area contributed by atoms with Gasteiger partial charge in [0.2, 0.25) is 0 Å². The molecule has 2 aliphatic carbocycles. The predicted molar refractivity (Wildman–Crippen MR) is 127 cm³/mol. The first-order valence-corrected chi connectivity index (χ1v) is 14.8. The number of rotatable bonds is 4. The average molecular weight is 433 g/mol. The number of fused-ring (bicyclic) bond motifs is 1. The lowest BCUT2D eigenvalue weighted by molar-refractivity contribution is -0.135.